The van der Waals surface area contributed by atoms with E-state index in [9.17, 15) is 4.79 Å². The fourth-order valence-electron chi connectivity index (χ4n) is 1.54. The smallest absolute Gasteiger partial charge is 0.329 e. The molecule has 3 nitrogen and oxygen atoms in total. The summed E-state index contributed by atoms with van der Waals surface area (Å²) in [6, 6.07) is 0. The minimum absolute atomic E-state index is 0.144. The summed E-state index contributed by atoms with van der Waals surface area (Å²) in [6.07, 6.45) is 3.55. The van der Waals surface area contributed by atoms with Crippen LogP contribution in [0.15, 0.2) is 0 Å². The number of hydrogen-bond donors (Lipinski definition) is 1. The van der Waals surface area contributed by atoms with Gasteiger partial charge < -0.3 is 9.84 Å². The number of ether oxygens (including phenoxy) is 1. The molecule has 0 amide bonds. The first-order valence-electron chi connectivity index (χ1n) is 4.03. The summed E-state index contributed by atoms with van der Waals surface area (Å²) in [6.45, 7) is 1.97. The van der Waals surface area contributed by atoms with Crippen LogP contribution in [0.3, 0.4) is 0 Å². The first kappa shape index (κ1) is 8.53. The van der Waals surface area contributed by atoms with Crippen molar-refractivity contribution < 1.29 is 14.6 Å². The molecule has 1 aliphatic rings. The van der Waals surface area contributed by atoms with E-state index in [-0.39, 0.29) is 12.7 Å². The van der Waals surface area contributed by atoms with Crippen LogP contribution in [0.2, 0.25) is 0 Å². The molecule has 1 saturated carbocycles. The zero-order valence-electron chi connectivity index (χ0n) is 6.75. The van der Waals surface area contributed by atoms with Gasteiger partial charge in [-0.25, -0.2) is 4.79 Å². The van der Waals surface area contributed by atoms with Gasteiger partial charge in [0.1, 0.15) is 6.61 Å². The largest absolute Gasteiger partial charge is 0.480 e. The Hall–Kier alpha value is -0.570. The lowest BCUT2D eigenvalue weighted by molar-refractivity contribution is -0.144. The summed E-state index contributed by atoms with van der Waals surface area (Å²) in [4.78, 5) is 10.1. The molecule has 0 bridgehead atoms. The Morgan fingerprint density at radius 3 is 2.82 bits per heavy atom. The standard InChI is InChI=1S/C8H14O3/c1-6-3-2-4-7(6)11-5-8(9)10/h6-7H,2-5H2,1H3,(H,9,10). The lowest BCUT2D eigenvalue weighted by atomic mass is 10.1. The van der Waals surface area contributed by atoms with Gasteiger partial charge >= 0.3 is 5.97 Å². The van der Waals surface area contributed by atoms with Gasteiger partial charge in [-0.2, -0.15) is 0 Å². The topological polar surface area (TPSA) is 46.5 Å². The van der Waals surface area contributed by atoms with Crippen molar-refractivity contribution in [3.05, 3.63) is 0 Å². The Balaban J connectivity index is 2.20. The number of carboxylic acids is 1. The van der Waals surface area contributed by atoms with Gasteiger partial charge in [0.15, 0.2) is 0 Å². The molecule has 0 radical (unpaired) electrons. The Morgan fingerprint density at radius 1 is 1.64 bits per heavy atom. The third kappa shape index (κ3) is 2.50. The summed E-state index contributed by atoms with van der Waals surface area (Å²) in [7, 11) is 0. The van der Waals surface area contributed by atoms with E-state index in [1.165, 1.54) is 12.8 Å². The van der Waals surface area contributed by atoms with E-state index in [1.807, 2.05) is 0 Å². The molecule has 1 aliphatic carbocycles. The van der Waals surface area contributed by atoms with Gasteiger partial charge in [0.2, 0.25) is 0 Å². The highest BCUT2D eigenvalue weighted by Crippen LogP contribution is 2.27. The third-order valence-electron chi connectivity index (χ3n) is 2.20. The fourth-order valence-corrected chi connectivity index (χ4v) is 1.54. The molecule has 2 unspecified atom stereocenters. The first-order chi connectivity index (χ1) is 5.20. The van der Waals surface area contributed by atoms with Crippen molar-refractivity contribution in [1.29, 1.82) is 0 Å². The summed E-state index contributed by atoms with van der Waals surface area (Å²) >= 11 is 0. The van der Waals surface area contributed by atoms with Crippen LogP contribution in [0.1, 0.15) is 26.2 Å². The SMILES string of the molecule is CC1CCCC1OCC(=O)O. The molecule has 0 aromatic carbocycles. The zero-order chi connectivity index (χ0) is 8.27. The molecule has 1 rings (SSSR count). The fraction of sp³-hybridized carbons (Fsp3) is 0.875. The van der Waals surface area contributed by atoms with Crippen molar-refractivity contribution in [3.8, 4) is 0 Å². The lowest BCUT2D eigenvalue weighted by Crippen LogP contribution is -2.19. The second-order valence-corrected chi connectivity index (χ2v) is 3.15. The number of carboxylic acid groups (broad SMARTS) is 1. The predicted molar refractivity (Wildman–Crippen MR) is 40.4 cm³/mol. The molecule has 11 heavy (non-hydrogen) atoms. The number of hydrogen-bond acceptors (Lipinski definition) is 2. The van der Waals surface area contributed by atoms with Crippen LogP contribution in [0.25, 0.3) is 0 Å². The number of rotatable bonds is 3. The molecular weight excluding hydrogens is 144 g/mol. The first-order valence-corrected chi connectivity index (χ1v) is 4.03. The van der Waals surface area contributed by atoms with Gasteiger partial charge in [0.05, 0.1) is 6.10 Å². The van der Waals surface area contributed by atoms with Crippen LogP contribution in [0.5, 0.6) is 0 Å². The van der Waals surface area contributed by atoms with E-state index < -0.39 is 5.97 Å². The quantitative estimate of drug-likeness (QED) is 0.673. The zero-order valence-corrected chi connectivity index (χ0v) is 6.75. The van der Waals surface area contributed by atoms with E-state index in [0.717, 1.165) is 6.42 Å². The van der Waals surface area contributed by atoms with Gasteiger partial charge in [-0.3, -0.25) is 0 Å². The van der Waals surface area contributed by atoms with E-state index in [4.69, 9.17) is 9.84 Å². The van der Waals surface area contributed by atoms with E-state index in [0.29, 0.717) is 5.92 Å². The number of carbonyl (C=O) groups is 1. The second kappa shape index (κ2) is 3.72. The van der Waals surface area contributed by atoms with Gasteiger partial charge in [0, 0.05) is 0 Å². The third-order valence-corrected chi connectivity index (χ3v) is 2.20. The number of aliphatic carboxylic acids is 1. The molecular formula is C8H14O3. The van der Waals surface area contributed by atoms with E-state index in [2.05, 4.69) is 6.92 Å². The average molecular weight is 158 g/mol. The van der Waals surface area contributed by atoms with Crippen molar-refractivity contribution in [2.45, 2.75) is 32.3 Å². The normalized spacial score (nSPS) is 30.6. The highest BCUT2D eigenvalue weighted by atomic mass is 16.5. The summed E-state index contributed by atoms with van der Waals surface area (Å²) in [5.41, 5.74) is 0. The Labute approximate surface area is 66.4 Å². The summed E-state index contributed by atoms with van der Waals surface area (Å²) in [5.74, 6) is -0.335. The van der Waals surface area contributed by atoms with Crippen molar-refractivity contribution >= 4 is 5.97 Å². The maximum Gasteiger partial charge on any atom is 0.329 e. The van der Waals surface area contributed by atoms with Crippen LogP contribution >= 0.6 is 0 Å². The molecule has 0 spiro atoms. The van der Waals surface area contributed by atoms with Crippen LogP contribution in [0.4, 0.5) is 0 Å². The maximum atomic E-state index is 10.1. The maximum absolute atomic E-state index is 10.1. The Morgan fingerprint density at radius 2 is 2.36 bits per heavy atom. The van der Waals surface area contributed by atoms with Crippen molar-refractivity contribution in [2.75, 3.05) is 6.61 Å². The molecule has 0 aromatic heterocycles. The minimum atomic E-state index is -0.871. The van der Waals surface area contributed by atoms with E-state index in [1.54, 1.807) is 0 Å². The molecule has 0 aromatic rings. The Bertz CT molecular complexity index is 144. The molecule has 0 aliphatic heterocycles. The van der Waals surface area contributed by atoms with Gasteiger partial charge in [-0.1, -0.05) is 13.3 Å². The highest BCUT2D eigenvalue weighted by molar-refractivity contribution is 5.68. The summed E-state index contributed by atoms with van der Waals surface area (Å²) < 4.78 is 5.18. The monoisotopic (exact) mass is 158 g/mol. The van der Waals surface area contributed by atoms with Crippen molar-refractivity contribution in [1.82, 2.24) is 0 Å². The molecule has 1 N–H and O–H groups in total. The van der Waals surface area contributed by atoms with Crippen LogP contribution in [-0.4, -0.2) is 23.8 Å². The van der Waals surface area contributed by atoms with Crippen LogP contribution in [0, 0.1) is 5.92 Å². The van der Waals surface area contributed by atoms with Crippen LogP contribution in [-0.2, 0) is 9.53 Å². The molecule has 2 atom stereocenters. The van der Waals surface area contributed by atoms with Crippen molar-refractivity contribution in [3.63, 3.8) is 0 Å². The molecule has 64 valence electrons. The van der Waals surface area contributed by atoms with Crippen LogP contribution < -0.4 is 0 Å². The minimum Gasteiger partial charge on any atom is -0.480 e. The summed E-state index contributed by atoms with van der Waals surface area (Å²) in [5, 5.41) is 8.34. The Kier molecular flexibility index (Phi) is 2.88. The van der Waals surface area contributed by atoms with Gasteiger partial charge in [-0.15, -0.1) is 0 Å². The molecule has 1 fully saturated rings. The highest BCUT2D eigenvalue weighted by Gasteiger charge is 2.24. The van der Waals surface area contributed by atoms with Gasteiger partial charge in [0.25, 0.3) is 0 Å². The molecule has 0 heterocycles. The van der Waals surface area contributed by atoms with E-state index >= 15 is 0 Å². The second-order valence-electron chi connectivity index (χ2n) is 3.15. The predicted octanol–water partition coefficient (Wildman–Crippen LogP) is 1.28. The average Bonchev–Trinajstić information content (AvgIpc) is 2.31. The van der Waals surface area contributed by atoms with Crippen molar-refractivity contribution in [2.24, 2.45) is 5.92 Å². The molecule has 0 saturated heterocycles. The van der Waals surface area contributed by atoms with Gasteiger partial charge in [-0.05, 0) is 18.8 Å². The molecule has 3 heteroatoms. The lowest BCUT2D eigenvalue weighted by Gasteiger charge is -2.14.